The molecule has 1 fully saturated rings. The summed E-state index contributed by atoms with van der Waals surface area (Å²) >= 11 is 6.30. The Morgan fingerprint density at radius 3 is 2.61 bits per heavy atom. The molecule has 0 spiro atoms. The van der Waals surface area contributed by atoms with Crippen LogP contribution >= 0.6 is 11.6 Å². The number of hydrogen-bond donors (Lipinski definition) is 0. The molecule has 28 heavy (non-hydrogen) atoms. The van der Waals surface area contributed by atoms with Crippen LogP contribution in [0.3, 0.4) is 0 Å². The molecule has 1 atom stereocenters. The lowest BCUT2D eigenvalue weighted by Crippen LogP contribution is -2.32. The van der Waals surface area contributed by atoms with Crippen molar-refractivity contribution in [3.63, 3.8) is 0 Å². The number of rotatable bonds is 5. The lowest BCUT2D eigenvalue weighted by molar-refractivity contribution is -0.131. The highest BCUT2D eigenvalue weighted by Gasteiger charge is 2.30. The largest absolute Gasteiger partial charge is 0.334 e. The van der Waals surface area contributed by atoms with Crippen LogP contribution in [0, 0.1) is 0 Å². The van der Waals surface area contributed by atoms with E-state index in [0.29, 0.717) is 12.8 Å². The maximum absolute atomic E-state index is 12.9. The van der Waals surface area contributed by atoms with Crippen molar-refractivity contribution in [3.05, 3.63) is 100 Å². The first-order valence-electron chi connectivity index (χ1n) is 9.73. The van der Waals surface area contributed by atoms with Crippen LogP contribution in [0.5, 0.6) is 0 Å². The molecular weight excluding hydrogens is 368 g/mol. The Labute approximate surface area is 171 Å². The standard InChI is InChI=1S/C24H23ClN2O/c25-21-12-5-4-10-19(21)17-20-11-6-13-22(26-20)23-14-7-15-27(23)24(28)16-18-8-2-1-3-9-18/h1-6,8-13,23H,7,14-17H2. The summed E-state index contributed by atoms with van der Waals surface area (Å²) in [6.07, 6.45) is 3.11. The predicted octanol–water partition coefficient (Wildman–Crippen LogP) is 5.23. The molecule has 0 aliphatic carbocycles. The maximum Gasteiger partial charge on any atom is 0.227 e. The van der Waals surface area contributed by atoms with Crippen molar-refractivity contribution < 1.29 is 4.79 Å². The highest BCUT2D eigenvalue weighted by Crippen LogP contribution is 2.32. The first-order chi connectivity index (χ1) is 13.7. The fraction of sp³-hybridized carbons (Fsp3) is 0.250. The number of aromatic nitrogens is 1. The van der Waals surface area contributed by atoms with Crippen molar-refractivity contribution in [1.29, 1.82) is 0 Å². The van der Waals surface area contributed by atoms with Crippen LogP contribution in [-0.4, -0.2) is 22.3 Å². The lowest BCUT2D eigenvalue weighted by atomic mass is 10.1. The Bertz CT molecular complexity index is 958. The molecule has 2 heterocycles. The van der Waals surface area contributed by atoms with E-state index in [9.17, 15) is 4.79 Å². The highest BCUT2D eigenvalue weighted by atomic mass is 35.5. The zero-order valence-corrected chi connectivity index (χ0v) is 16.5. The van der Waals surface area contributed by atoms with E-state index >= 15 is 0 Å². The van der Waals surface area contributed by atoms with Crippen LogP contribution in [0.15, 0.2) is 72.8 Å². The second-order valence-electron chi connectivity index (χ2n) is 7.23. The van der Waals surface area contributed by atoms with E-state index in [-0.39, 0.29) is 11.9 Å². The van der Waals surface area contributed by atoms with Gasteiger partial charge >= 0.3 is 0 Å². The van der Waals surface area contributed by atoms with E-state index < -0.39 is 0 Å². The fourth-order valence-corrected chi connectivity index (χ4v) is 4.07. The van der Waals surface area contributed by atoms with Crippen LogP contribution in [0.4, 0.5) is 0 Å². The van der Waals surface area contributed by atoms with Gasteiger partial charge in [0.2, 0.25) is 5.91 Å². The van der Waals surface area contributed by atoms with Crippen molar-refractivity contribution >= 4 is 17.5 Å². The van der Waals surface area contributed by atoms with E-state index in [4.69, 9.17) is 16.6 Å². The normalized spacial score (nSPS) is 16.3. The zero-order chi connectivity index (χ0) is 19.3. The summed E-state index contributed by atoms with van der Waals surface area (Å²) in [5.74, 6) is 0.173. The van der Waals surface area contributed by atoms with E-state index in [1.165, 1.54) is 0 Å². The minimum atomic E-state index is 0.0578. The second-order valence-corrected chi connectivity index (χ2v) is 7.64. The van der Waals surface area contributed by atoms with Crippen molar-refractivity contribution in [2.24, 2.45) is 0 Å². The molecule has 3 aromatic rings. The molecule has 1 unspecified atom stereocenters. The summed E-state index contributed by atoms with van der Waals surface area (Å²) in [7, 11) is 0. The lowest BCUT2D eigenvalue weighted by Gasteiger charge is -2.25. The van der Waals surface area contributed by atoms with E-state index in [2.05, 4.69) is 0 Å². The van der Waals surface area contributed by atoms with Gasteiger partial charge in [0, 0.05) is 23.7 Å². The highest BCUT2D eigenvalue weighted by molar-refractivity contribution is 6.31. The number of hydrogen-bond acceptors (Lipinski definition) is 2. The third kappa shape index (κ3) is 4.26. The Hall–Kier alpha value is -2.65. The molecule has 1 aliphatic heterocycles. The Balaban J connectivity index is 1.51. The van der Waals surface area contributed by atoms with Crippen LogP contribution in [0.1, 0.15) is 41.4 Å². The van der Waals surface area contributed by atoms with Gasteiger partial charge in [-0.25, -0.2) is 0 Å². The zero-order valence-electron chi connectivity index (χ0n) is 15.7. The minimum absolute atomic E-state index is 0.0578. The quantitative estimate of drug-likeness (QED) is 0.597. The van der Waals surface area contributed by atoms with Gasteiger partial charge in [0.25, 0.3) is 0 Å². The second kappa shape index (κ2) is 8.57. The average molecular weight is 391 g/mol. The molecule has 0 bridgehead atoms. The maximum atomic E-state index is 12.9. The van der Waals surface area contributed by atoms with Crippen molar-refractivity contribution in [2.75, 3.05) is 6.54 Å². The molecule has 142 valence electrons. The molecule has 0 N–H and O–H groups in total. The fourth-order valence-electron chi connectivity index (χ4n) is 3.86. The number of halogens is 1. The summed E-state index contributed by atoms with van der Waals surface area (Å²) in [5.41, 5.74) is 4.08. The molecule has 0 radical (unpaired) electrons. The van der Waals surface area contributed by atoms with Crippen LogP contribution < -0.4 is 0 Å². The van der Waals surface area contributed by atoms with Gasteiger partial charge in [-0.05, 0) is 42.2 Å². The van der Waals surface area contributed by atoms with Crippen LogP contribution in [-0.2, 0) is 17.6 Å². The number of amides is 1. The van der Waals surface area contributed by atoms with Gasteiger partial charge in [-0.3, -0.25) is 9.78 Å². The number of benzene rings is 2. The minimum Gasteiger partial charge on any atom is -0.334 e. The van der Waals surface area contributed by atoms with E-state index in [1.807, 2.05) is 77.7 Å². The van der Waals surface area contributed by atoms with Crippen molar-refractivity contribution in [2.45, 2.75) is 31.7 Å². The van der Waals surface area contributed by atoms with Crippen molar-refractivity contribution in [3.8, 4) is 0 Å². The molecule has 1 saturated heterocycles. The summed E-state index contributed by atoms with van der Waals surface area (Å²) in [6, 6.07) is 24.0. The Morgan fingerprint density at radius 2 is 1.79 bits per heavy atom. The van der Waals surface area contributed by atoms with Crippen molar-refractivity contribution in [1.82, 2.24) is 9.88 Å². The summed E-state index contributed by atoms with van der Waals surface area (Å²) in [4.78, 5) is 19.8. The number of carbonyl (C=O) groups is 1. The summed E-state index contributed by atoms with van der Waals surface area (Å²) in [5, 5.41) is 0.759. The molecule has 0 saturated carbocycles. The first kappa shape index (κ1) is 18.7. The molecule has 1 aromatic heterocycles. The van der Waals surface area contributed by atoms with E-state index in [1.54, 1.807) is 0 Å². The molecule has 1 amide bonds. The van der Waals surface area contributed by atoms with Crippen LogP contribution in [0.2, 0.25) is 5.02 Å². The summed E-state index contributed by atoms with van der Waals surface area (Å²) in [6.45, 7) is 0.798. The molecule has 4 rings (SSSR count). The first-order valence-corrected chi connectivity index (χ1v) is 10.1. The van der Waals surface area contributed by atoms with Gasteiger partial charge in [-0.2, -0.15) is 0 Å². The molecular formula is C24H23ClN2O. The van der Waals surface area contributed by atoms with Gasteiger partial charge in [0.15, 0.2) is 0 Å². The SMILES string of the molecule is O=C(Cc1ccccc1)N1CCCC1c1cccc(Cc2ccccc2Cl)n1. The van der Waals surface area contributed by atoms with Gasteiger partial charge < -0.3 is 4.90 Å². The predicted molar refractivity (Wildman–Crippen MR) is 112 cm³/mol. The monoisotopic (exact) mass is 390 g/mol. The number of nitrogens with zero attached hydrogens (tertiary/aromatic N) is 2. The van der Waals surface area contributed by atoms with Gasteiger partial charge in [-0.15, -0.1) is 0 Å². The Morgan fingerprint density at radius 1 is 1.00 bits per heavy atom. The Kier molecular flexibility index (Phi) is 5.73. The number of carbonyl (C=O) groups excluding carboxylic acids is 1. The number of pyridine rings is 1. The average Bonchev–Trinajstić information content (AvgIpc) is 3.21. The molecule has 3 nitrogen and oxygen atoms in total. The number of likely N-dealkylation sites (tertiary alicyclic amines) is 1. The van der Waals surface area contributed by atoms with E-state index in [0.717, 1.165) is 46.9 Å². The summed E-state index contributed by atoms with van der Waals surface area (Å²) < 4.78 is 0. The van der Waals surface area contributed by atoms with Crippen LogP contribution in [0.25, 0.3) is 0 Å². The third-order valence-electron chi connectivity index (χ3n) is 5.27. The topological polar surface area (TPSA) is 33.2 Å². The molecule has 4 heteroatoms. The van der Waals surface area contributed by atoms with Gasteiger partial charge in [0.1, 0.15) is 0 Å². The molecule has 2 aromatic carbocycles. The van der Waals surface area contributed by atoms with Gasteiger partial charge in [0.05, 0.1) is 18.2 Å². The smallest absolute Gasteiger partial charge is 0.227 e. The molecule has 1 aliphatic rings. The van der Waals surface area contributed by atoms with Gasteiger partial charge in [-0.1, -0.05) is 66.2 Å². The third-order valence-corrected chi connectivity index (χ3v) is 5.64.